The highest BCUT2D eigenvalue weighted by Gasteiger charge is 2.33. The third-order valence-corrected chi connectivity index (χ3v) is 4.88. The highest BCUT2D eigenvalue weighted by molar-refractivity contribution is 7.80. The van der Waals surface area contributed by atoms with Gasteiger partial charge in [0.15, 0.2) is 0 Å². The van der Waals surface area contributed by atoms with Gasteiger partial charge in [0, 0.05) is 26.2 Å². The van der Waals surface area contributed by atoms with Crippen molar-refractivity contribution in [2.24, 2.45) is 5.73 Å². The van der Waals surface area contributed by atoms with Crippen LogP contribution in [0.2, 0.25) is 0 Å². The number of benzene rings is 1. The summed E-state index contributed by atoms with van der Waals surface area (Å²) in [7, 11) is 1.44. The molecular weight excluding hydrogens is 453 g/mol. The monoisotopic (exact) mass is 485 g/mol. The Kier molecular flexibility index (Phi) is 9.47. The fraction of sp³-hybridized carbons (Fsp3) is 0.571. The molecule has 1 aliphatic heterocycles. The van der Waals surface area contributed by atoms with E-state index >= 15 is 0 Å². The van der Waals surface area contributed by atoms with E-state index in [1.54, 1.807) is 37.8 Å². The number of cyclic esters (lactones) is 1. The first-order chi connectivity index (χ1) is 15.5. The summed E-state index contributed by atoms with van der Waals surface area (Å²) in [5, 5.41) is 5.67. The molecule has 10 nitrogen and oxygen atoms in total. The first-order valence-corrected chi connectivity index (χ1v) is 11.0. The van der Waals surface area contributed by atoms with Gasteiger partial charge in [0.2, 0.25) is 0 Å². The van der Waals surface area contributed by atoms with Crippen LogP contribution in [0.5, 0.6) is 0 Å². The molecule has 0 unspecified atom stereocenters. The largest absolute Gasteiger partial charge is 0.474 e. The molecule has 2 amide bonds. The Morgan fingerprint density at radius 2 is 2.09 bits per heavy atom. The van der Waals surface area contributed by atoms with Crippen LogP contribution in [0.3, 0.4) is 0 Å². The molecule has 0 bridgehead atoms. The van der Waals surface area contributed by atoms with Crippen LogP contribution >= 0.6 is 12.2 Å². The number of hydrogen-bond acceptors (Lipinski definition) is 8. The van der Waals surface area contributed by atoms with Crippen molar-refractivity contribution in [3.05, 3.63) is 24.0 Å². The number of thiocarbonyl (C=S) groups is 1. The second-order valence-electron chi connectivity index (χ2n) is 8.33. The van der Waals surface area contributed by atoms with Crippen molar-refractivity contribution in [2.75, 3.05) is 56.2 Å². The second kappa shape index (κ2) is 11.8. The number of methoxy groups -OCH3 is 1. The SMILES string of the molecule is COC(=S)NC[C@H]1CN(c2ccc(N(CCN)CCNC(=O)OC(C)(C)C)c(F)c2)C(=O)O1. The van der Waals surface area contributed by atoms with Crippen LogP contribution in [-0.4, -0.2) is 75.4 Å². The maximum Gasteiger partial charge on any atom is 0.414 e. The van der Waals surface area contributed by atoms with Gasteiger partial charge in [0.1, 0.15) is 17.5 Å². The van der Waals surface area contributed by atoms with Gasteiger partial charge in [-0.05, 0) is 51.2 Å². The summed E-state index contributed by atoms with van der Waals surface area (Å²) in [6.07, 6.45) is -1.58. The lowest BCUT2D eigenvalue weighted by Gasteiger charge is -2.26. The van der Waals surface area contributed by atoms with Crippen molar-refractivity contribution in [2.45, 2.75) is 32.5 Å². The van der Waals surface area contributed by atoms with E-state index in [0.29, 0.717) is 31.0 Å². The van der Waals surface area contributed by atoms with Gasteiger partial charge in [-0.15, -0.1) is 0 Å². The summed E-state index contributed by atoms with van der Waals surface area (Å²) in [6, 6.07) is 4.49. The molecule has 1 aromatic carbocycles. The van der Waals surface area contributed by atoms with E-state index in [1.165, 1.54) is 18.1 Å². The van der Waals surface area contributed by atoms with Crippen LogP contribution in [0.1, 0.15) is 20.8 Å². The maximum atomic E-state index is 15.0. The van der Waals surface area contributed by atoms with Crippen LogP contribution in [0, 0.1) is 5.82 Å². The van der Waals surface area contributed by atoms with E-state index in [1.807, 2.05) is 0 Å². The normalized spacial score (nSPS) is 15.6. The average Bonchev–Trinajstić information content (AvgIpc) is 3.10. The Balaban J connectivity index is 2.01. The van der Waals surface area contributed by atoms with Crippen LogP contribution in [0.15, 0.2) is 18.2 Å². The number of carbonyl (C=O) groups excluding carboxylic acids is 2. The molecule has 4 N–H and O–H groups in total. The first-order valence-electron chi connectivity index (χ1n) is 10.6. The molecule has 0 saturated carbocycles. The maximum absolute atomic E-state index is 15.0. The number of nitrogens with zero attached hydrogens (tertiary/aromatic N) is 2. The number of anilines is 2. The van der Waals surface area contributed by atoms with E-state index in [2.05, 4.69) is 10.6 Å². The number of nitrogens with two attached hydrogens (primary N) is 1. The lowest BCUT2D eigenvalue weighted by molar-refractivity contribution is 0.0529. The average molecular weight is 486 g/mol. The van der Waals surface area contributed by atoms with Gasteiger partial charge >= 0.3 is 12.2 Å². The summed E-state index contributed by atoms with van der Waals surface area (Å²) in [5.74, 6) is -0.520. The number of rotatable bonds is 9. The van der Waals surface area contributed by atoms with E-state index in [0.717, 1.165) is 0 Å². The van der Waals surface area contributed by atoms with Crippen LogP contribution < -0.4 is 26.2 Å². The molecule has 1 aliphatic rings. The molecule has 0 aliphatic carbocycles. The molecule has 2 rings (SSSR count). The lowest BCUT2D eigenvalue weighted by Crippen LogP contribution is -2.40. The van der Waals surface area contributed by atoms with Crippen molar-refractivity contribution < 1.29 is 28.2 Å². The number of halogens is 1. The van der Waals surface area contributed by atoms with Gasteiger partial charge in [-0.2, -0.15) is 0 Å². The predicted molar refractivity (Wildman–Crippen MR) is 127 cm³/mol. The molecule has 12 heteroatoms. The molecule has 0 spiro atoms. The zero-order chi connectivity index (χ0) is 24.6. The third-order valence-electron chi connectivity index (χ3n) is 4.57. The van der Waals surface area contributed by atoms with Crippen LogP contribution in [0.4, 0.5) is 25.4 Å². The van der Waals surface area contributed by atoms with E-state index in [4.69, 9.17) is 32.2 Å². The smallest absolute Gasteiger partial charge is 0.414 e. The topological polar surface area (TPSA) is 118 Å². The highest BCUT2D eigenvalue weighted by Crippen LogP contribution is 2.27. The van der Waals surface area contributed by atoms with Crippen LogP contribution in [-0.2, 0) is 14.2 Å². The molecule has 1 atom stereocenters. The molecule has 1 saturated heterocycles. The van der Waals surface area contributed by atoms with Crippen molar-refractivity contribution >= 4 is 41.0 Å². The number of amides is 2. The Morgan fingerprint density at radius 3 is 2.70 bits per heavy atom. The Bertz CT molecular complexity index is 851. The molecular formula is C21H32FN5O5S. The number of nitrogens with one attached hydrogen (secondary N) is 2. The number of hydrogen-bond donors (Lipinski definition) is 3. The number of ether oxygens (including phenoxy) is 3. The summed E-state index contributed by atoms with van der Waals surface area (Å²) in [5.41, 5.74) is 5.76. The molecule has 0 aromatic heterocycles. The standard InChI is InChI=1S/C21H32FN5O5S/c1-21(2,3)32-18(28)24-8-10-26(9-7-23)17-6-5-14(11-16(17)22)27-13-15(31-20(27)29)12-25-19(33)30-4/h5-6,11,15H,7-10,12-13,23H2,1-4H3,(H,24,28)(H,25,33)/t15-/m0/s1. The van der Waals surface area contributed by atoms with Gasteiger partial charge in [0.25, 0.3) is 5.17 Å². The molecule has 1 aromatic rings. The van der Waals surface area contributed by atoms with Crippen LogP contribution in [0.25, 0.3) is 0 Å². The molecule has 0 radical (unpaired) electrons. The minimum atomic E-state index is -0.607. The van der Waals surface area contributed by atoms with Crippen molar-refractivity contribution in [1.82, 2.24) is 10.6 Å². The van der Waals surface area contributed by atoms with Crippen molar-refractivity contribution in [3.63, 3.8) is 0 Å². The van der Waals surface area contributed by atoms with Gasteiger partial charge in [-0.25, -0.2) is 14.0 Å². The van der Waals surface area contributed by atoms with E-state index in [9.17, 15) is 14.0 Å². The van der Waals surface area contributed by atoms with Gasteiger partial charge in [-0.3, -0.25) is 4.90 Å². The van der Waals surface area contributed by atoms with E-state index in [-0.39, 0.29) is 24.8 Å². The predicted octanol–water partition coefficient (Wildman–Crippen LogP) is 1.96. The Labute approximate surface area is 198 Å². The Morgan fingerprint density at radius 1 is 1.36 bits per heavy atom. The molecule has 1 fully saturated rings. The highest BCUT2D eigenvalue weighted by atomic mass is 32.1. The summed E-state index contributed by atoms with van der Waals surface area (Å²) < 4.78 is 30.3. The molecule has 33 heavy (non-hydrogen) atoms. The quantitative estimate of drug-likeness (QED) is 0.451. The van der Waals surface area contributed by atoms with Gasteiger partial charge in [-0.1, -0.05) is 0 Å². The minimum absolute atomic E-state index is 0.195. The molecule has 1 heterocycles. The second-order valence-corrected chi connectivity index (χ2v) is 8.70. The van der Waals surface area contributed by atoms with E-state index < -0.39 is 29.7 Å². The van der Waals surface area contributed by atoms with Gasteiger partial charge in [0.05, 0.1) is 31.6 Å². The number of carbonyl (C=O) groups is 2. The van der Waals surface area contributed by atoms with Crippen molar-refractivity contribution in [3.8, 4) is 0 Å². The summed E-state index contributed by atoms with van der Waals surface area (Å²) in [4.78, 5) is 27.2. The lowest BCUT2D eigenvalue weighted by atomic mass is 10.2. The third kappa shape index (κ3) is 8.21. The summed E-state index contributed by atoms with van der Waals surface area (Å²) in [6.45, 7) is 7.08. The Hall–Kier alpha value is -2.86. The molecule has 184 valence electrons. The fourth-order valence-electron chi connectivity index (χ4n) is 3.14. The first kappa shape index (κ1) is 26.4. The van der Waals surface area contributed by atoms with Crippen molar-refractivity contribution in [1.29, 1.82) is 0 Å². The zero-order valence-corrected chi connectivity index (χ0v) is 20.2. The fourth-order valence-corrected chi connectivity index (χ4v) is 3.23. The minimum Gasteiger partial charge on any atom is -0.474 e. The number of alkyl carbamates (subject to hydrolysis) is 1. The summed E-state index contributed by atoms with van der Waals surface area (Å²) >= 11 is 4.91. The van der Waals surface area contributed by atoms with Gasteiger partial charge < -0.3 is 35.5 Å². The zero-order valence-electron chi connectivity index (χ0n) is 19.4.